The summed E-state index contributed by atoms with van der Waals surface area (Å²) in [6.45, 7) is 1.64. The van der Waals surface area contributed by atoms with E-state index in [0.29, 0.717) is 0 Å². The normalized spacial score (nSPS) is 12.7. The molecular formula is C15H12NNpO-. The summed E-state index contributed by atoms with van der Waals surface area (Å²) < 4.78 is 0. The molecule has 0 bridgehead atoms. The van der Waals surface area contributed by atoms with Crippen LogP contribution in [-0.4, -0.2) is 5.78 Å². The van der Waals surface area contributed by atoms with Crippen LogP contribution in [0.15, 0.2) is 48.5 Å². The molecule has 2 nitrogen and oxygen atoms in total. The molecule has 0 saturated heterocycles. The molecule has 1 aliphatic heterocycles. The van der Waals surface area contributed by atoms with E-state index >= 15 is 0 Å². The second kappa shape index (κ2) is 5.28. The number of benzene rings is 2. The van der Waals surface area contributed by atoms with E-state index in [0.717, 1.165) is 22.5 Å². The summed E-state index contributed by atoms with van der Waals surface area (Å²) in [5.74, 6) is -0.000278. The quantitative estimate of drug-likeness (QED) is 0.633. The fourth-order valence-corrected chi connectivity index (χ4v) is 2.40. The summed E-state index contributed by atoms with van der Waals surface area (Å²) in [6, 6.07) is 15.7. The minimum atomic E-state index is -0.167. The Labute approximate surface area is 129 Å². The molecule has 2 aromatic rings. The average Bonchev–Trinajstić information content (AvgIpc) is 2.35. The van der Waals surface area contributed by atoms with Crippen LogP contribution in [0.25, 0.3) is 5.32 Å². The van der Waals surface area contributed by atoms with Gasteiger partial charge in [-0.05, 0) is 18.1 Å². The van der Waals surface area contributed by atoms with Crippen LogP contribution in [-0.2, 0) is 4.79 Å². The molecular weight excluding hydrogens is 447 g/mol. The van der Waals surface area contributed by atoms with Gasteiger partial charge in [-0.2, -0.15) is 0 Å². The summed E-state index contributed by atoms with van der Waals surface area (Å²) in [5, 5.41) is 4.59. The smallest absolute Gasteiger partial charge is 0.141 e. The summed E-state index contributed by atoms with van der Waals surface area (Å²) in [6.07, 6.45) is 0. The first-order valence-corrected chi connectivity index (χ1v) is 5.67. The summed E-state index contributed by atoms with van der Waals surface area (Å²) in [5.41, 5.74) is 3.84. The van der Waals surface area contributed by atoms with Crippen molar-refractivity contribution in [2.75, 3.05) is 0 Å². The van der Waals surface area contributed by atoms with Crippen molar-refractivity contribution in [2.45, 2.75) is 12.8 Å². The third-order valence-electron chi connectivity index (χ3n) is 3.14. The summed E-state index contributed by atoms with van der Waals surface area (Å²) >= 11 is 0. The molecule has 0 unspecified atom stereocenters. The van der Waals surface area contributed by atoms with Gasteiger partial charge in [0.1, 0.15) is 5.78 Å². The number of rotatable bonds is 1. The van der Waals surface area contributed by atoms with Crippen LogP contribution in [0.1, 0.15) is 24.0 Å². The zero-order valence-corrected chi connectivity index (χ0v) is 13.7. The van der Waals surface area contributed by atoms with E-state index in [4.69, 9.17) is 0 Å². The van der Waals surface area contributed by atoms with E-state index in [2.05, 4.69) is 5.32 Å². The van der Waals surface area contributed by atoms with Crippen LogP contribution >= 0.6 is 0 Å². The first kappa shape index (κ1) is 13.4. The molecule has 2 aromatic carbocycles. The number of hydrogen-bond donors (Lipinski definition) is 0. The minimum Gasteiger partial charge on any atom is -0.657 e. The second-order valence-electron chi connectivity index (χ2n) is 4.27. The van der Waals surface area contributed by atoms with Crippen LogP contribution in [0.3, 0.4) is 0 Å². The van der Waals surface area contributed by atoms with E-state index in [-0.39, 0.29) is 41.6 Å². The number of para-hydroxylation sites is 2. The van der Waals surface area contributed by atoms with E-state index in [1.807, 2.05) is 48.5 Å². The molecule has 18 heavy (non-hydrogen) atoms. The predicted octanol–water partition coefficient (Wildman–Crippen LogP) is 4.06. The number of Topliss-reactive ketones (excluding diaryl/α,β-unsaturated/α-hetero) is 1. The maximum atomic E-state index is 11.9. The molecule has 0 atom stereocenters. The predicted molar refractivity (Wildman–Crippen MR) is 68.1 cm³/mol. The molecule has 3 heteroatoms. The van der Waals surface area contributed by atoms with Gasteiger partial charge in [-0.25, -0.2) is 0 Å². The molecule has 3 rings (SSSR count). The maximum absolute atomic E-state index is 11.9. The topological polar surface area (TPSA) is 31.2 Å². The molecule has 1 radical (unpaired) electrons. The standard InChI is InChI=1S/C15H12NO.Np/c1-10(17)15-11-6-2-4-8-13(11)16-14-9-5-3-7-12(14)15;/h2-9,15H,1H3;/q-1;. The number of ketones is 1. The molecule has 0 amide bonds. The average molecular weight is 459 g/mol. The first-order valence-electron chi connectivity index (χ1n) is 5.67. The van der Waals surface area contributed by atoms with Crippen molar-refractivity contribution in [2.24, 2.45) is 0 Å². The van der Waals surface area contributed by atoms with Gasteiger partial charge in [0.15, 0.2) is 0 Å². The third-order valence-corrected chi connectivity index (χ3v) is 3.14. The van der Waals surface area contributed by atoms with Crippen molar-refractivity contribution in [3.8, 4) is 0 Å². The number of nitrogens with zero attached hydrogens (tertiary/aromatic N) is 1. The molecule has 0 spiro atoms. The van der Waals surface area contributed by atoms with Gasteiger partial charge in [-0.3, -0.25) is 4.79 Å². The van der Waals surface area contributed by atoms with Crippen molar-refractivity contribution < 1.29 is 34.7 Å². The van der Waals surface area contributed by atoms with E-state index in [1.165, 1.54) is 0 Å². The SMILES string of the molecule is CC(=O)C1c2ccccc2[N-]c2ccccc21.[Np]. The third kappa shape index (κ3) is 2.12. The van der Waals surface area contributed by atoms with Crippen LogP contribution in [0, 0.1) is 29.9 Å². The van der Waals surface area contributed by atoms with Crippen molar-refractivity contribution in [1.82, 2.24) is 0 Å². The summed E-state index contributed by atoms with van der Waals surface area (Å²) in [4.78, 5) is 11.9. The molecule has 0 aliphatic carbocycles. The van der Waals surface area contributed by atoms with Crippen LogP contribution < -0.4 is 0 Å². The van der Waals surface area contributed by atoms with Crippen molar-refractivity contribution in [3.63, 3.8) is 0 Å². The zero-order valence-electron chi connectivity index (χ0n) is 10.00. The zero-order chi connectivity index (χ0) is 11.8. The van der Waals surface area contributed by atoms with Crippen LogP contribution in [0.5, 0.6) is 0 Å². The van der Waals surface area contributed by atoms with Gasteiger partial charge in [0, 0.05) is 29.9 Å². The van der Waals surface area contributed by atoms with Crippen LogP contribution in [0.4, 0.5) is 11.4 Å². The van der Waals surface area contributed by atoms with Gasteiger partial charge in [-0.15, -0.1) is 11.4 Å². The van der Waals surface area contributed by atoms with Crippen molar-refractivity contribution in [3.05, 3.63) is 65.0 Å². The number of fused-ring (bicyclic) bond motifs is 2. The summed E-state index contributed by atoms with van der Waals surface area (Å²) in [7, 11) is 0. The molecule has 1 heterocycles. The Hall–Kier alpha value is -1.08. The second-order valence-corrected chi connectivity index (χ2v) is 4.27. The molecule has 0 saturated carbocycles. The number of carbonyl (C=O) groups excluding carboxylic acids is 1. The molecule has 0 fully saturated rings. The Bertz CT molecular complexity index is 549. The van der Waals surface area contributed by atoms with Crippen molar-refractivity contribution in [1.29, 1.82) is 0 Å². The first-order chi connectivity index (χ1) is 8.27. The number of hydrogen-bond acceptors (Lipinski definition) is 1. The monoisotopic (exact) mass is 458 g/mol. The molecule has 0 N–H and O–H groups in total. The largest absolute Gasteiger partial charge is 0.657 e. The fraction of sp³-hybridized carbons (Fsp3) is 0.133. The van der Waals surface area contributed by atoms with Gasteiger partial charge < -0.3 is 5.32 Å². The maximum Gasteiger partial charge on any atom is 0.141 e. The van der Waals surface area contributed by atoms with Crippen molar-refractivity contribution >= 4 is 17.2 Å². The Morgan fingerprint density at radius 1 is 0.944 bits per heavy atom. The number of carbonyl (C=O) groups is 1. The van der Waals surface area contributed by atoms with Crippen LogP contribution in [0.2, 0.25) is 0 Å². The Balaban J connectivity index is 0.00000120. The van der Waals surface area contributed by atoms with E-state index < -0.39 is 0 Å². The molecule has 1 aliphatic rings. The molecule has 0 aromatic heterocycles. The van der Waals surface area contributed by atoms with Gasteiger partial charge in [-0.1, -0.05) is 48.5 Å². The Kier molecular flexibility index (Phi) is 3.92. The molecule has 89 valence electrons. The van der Waals surface area contributed by atoms with Gasteiger partial charge in [0.25, 0.3) is 0 Å². The fourth-order valence-electron chi connectivity index (χ4n) is 2.40. The van der Waals surface area contributed by atoms with Gasteiger partial charge >= 0.3 is 0 Å². The van der Waals surface area contributed by atoms with E-state index in [1.54, 1.807) is 6.92 Å². The van der Waals surface area contributed by atoms with E-state index in [9.17, 15) is 4.79 Å². The minimum absolute atomic E-state index is 0. The van der Waals surface area contributed by atoms with Gasteiger partial charge in [0.2, 0.25) is 0 Å². The Morgan fingerprint density at radius 2 is 1.39 bits per heavy atom. The Morgan fingerprint density at radius 3 is 1.83 bits per heavy atom. The van der Waals surface area contributed by atoms with Gasteiger partial charge in [0.05, 0.1) is 5.92 Å².